The molecule has 0 spiro atoms. The molecule has 116 valence electrons. The molecule has 0 atom stereocenters. The highest BCUT2D eigenvalue weighted by atomic mass is 79.9. The monoisotopic (exact) mass is 369 g/mol. The van der Waals surface area contributed by atoms with Gasteiger partial charge in [0.2, 0.25) is 0 Å². The van der Waals surface area contributed by atoms with Crippen molar-refractivity contribution in [2.75, 3.05) is 0 Å². The molecule has 0 saturated carbocycles. The van der Waals surface area contributed by atoms with Gasteiger partial charge < -0.3 is 0 Å². The Morgan fingerprint density at radius 3 is 2.74 bits per heavy atom. The quantitative estimate of drug-likeness (QED) is 0.487. The molecule has 0 aliphatic rings. The minimum absolute atomic E-state index is 0.300. The molecule has 0 bridgehead atoms. The number of hydrogen-bond acceptors (Lipinski definition) is 3. The summed E-state index contributed by atoms with van der Waals surface area (Å²) in [7, 11) is 0. The van der Waals surface area contributed by atoms with E-state index in [0.717, 1.165) is 10.0 Å². The van der Waals surface area contributed by atoms with Gasteiger partial charge in [0.1, 0.15) is 0 Å². The third kappa shape index (κ3) is 6.00. The van der Waals surface area contributed by atoms with Crippen molar-refractivity contribution in [2.45, 2.75) is 6.92 Å². The van der Waals surface area contributed by atoms with Crippen molar-refractivity contribution in [3.05, 3.63) is 82.6 Å². The molecule has 1 heterocycles. The van der Waals surface area contributed by atoms with Crippen LogP contribution < -0.4 is 5.43 Å². The van der Waals surface area contributed by atoms with Crippen LogP contribution in [-0.4, -0.2) is 16.6 Å². The van der Waals surface area contributed by atoms with Crippen molar-refractivity contribution in [1.82, 2.24) is 10.4 Å². The molecule has 23 heavy (non-hydrogen) atoms. The van der Waals surface area contributed by atoms with Gasteiger partial charge in [0.25, 0.3) is 5.91 Å². The van der Waals surface area contributed by atoms with Crippen molar-refractivity contribution < 1.29 is 4.79 Å². The molecule has 1 aromatic carbocycles. The van der Waals surface area contributed by atoms with E-state index in [2.05, 4.69) is 31.4 Å². The molecule has 0 fully saturated rings. The average molecular weight is 370 g/mol. The lowest BCUT2D eigenvalue weighted by atomic mass is 10.2. The van der Waals surface area contributed by atoms with E-state index in [1.54, 1.807) is 12.3 Å². The van der Waals surface area contributed by atoms with Gasteiger partial charge in [-0.1, -0.05) is 48.6 Å². The molecular formula is C18H16BrN3O. The largest absolute Gasteiger partial charge is 0.272 e. The van der Waals surface area contributed by atoms with E-state index in [0.29, 0.717) is 11.3 Å². The topological polar surface area (TPSA) is 54.4 Å². The lowest BCUT2D eigenvalue weighted by Gasteiger charge is -2.00. The van der Waals surface area contributed by atoms with E-state index in [-0.39, 0.29) is 5.91 Å². The number of amides is 1. The SMILES string of the molecule is CC(C=CC=Cc1ccccc1)=NNC(=O)c1cncc(Br)c1. The summed E-state index contributed by atoms with van der Waals surface area (Å²) in [6.07, 6.45) is 10.7. The summed E-state index contributed by atoms with van der Waals surface area (Å²) < 4.78 is 0.747. The highest BCUT2D eigenvalue weighted by molar-refractivity contribution is 9.10. The number of halogens is 1. The van der Waals surface area contributed by atoms with Crippen LogP contribution in [0.25, 0.3) is 6.08 Å². The Kier molecular flexibility index (Phi) is 6.44. The first kappa shape index (κ1) is 16.8. The summed E-state index contributed by atoms with van der Waals surface area (Å²) in [6.45, 7) is 1.81. The smallest absolute Gasteiger partial charge is 0.267 e. The molecule has 0 unspecified atom stereocenters. The molecule has 1 N–H and O–H groups in total. The van der Waals surface area contributed by atoms with Crippen LogP contribution in [0, 0.1) is 0 Å². The summed E-state index contributed by atoms with van der Waals surface area (Å²) in [6, 6.07) is 11.7. The molecule has 1 aromatic heterocycles. The van der Waals surface area contributed by atoms with Crippen LogP contribution in [-0.2, 0) is 0 Å². The summed E-state index contributed by atoms with van der Waals surface area (Å²) in [5.41, 5.74) is 4.77. The fourth-order valence-electron chi connectivity index (χ4n) is 1.70. The fourth-order valence-corrected chi connectivity index (χ4v) is 2.07. The van der Waals surface area contributed by atoms with Gasteiger partial charge in [-0.25, -0.2) is 5.43 Å². The molecular weight excluding hydrogens is 354 g/mol. The van der Waals surface area contributed by atoms with Gasteiger partial charge in [0.05, 0.1) is 11.3 Å². The number of allylic oxidation sites excluding steroid dienone is 3. The van der Waals surface area contributed by atoms with Gasteiger partial charge in [-0.3, -0.25) is 9.78 Å². The Morgan fingerprint density at radius 2 is 2.00 bits per heavy atom. The first-order chi connectivity index (χ1) is 11.1. The molecule has 0 radical (unpaired) electrons. The summed E-state index contributed by atoms with van der Waals surface area (Å²) in [5.74, 6) is -0.300. The van der Waals surface area contributed by atoms with Gasteiger partial charge in [-0.15, -0.1) is 0 Å². The normalized spacial score (nSPS) is 12.0. The molecule has 2 rings (SSSR count). The van der Waals surface area contributed by atoms with E-state index >= 15 is 0 Å². The van der Waals surface area contributed by atoms with Crippen LogP contribution in [0.5, 0.6) is 0 Å². The molecule has 4 nitrogen and oxygen atoms in total. The molecule has 2 aromatic rings. The number of pyridine rings is 1. The van der Waals surface area contributed by atoms with Crippen molar-refractivity contribution in [2.24, 2.45) is 5.10 Å². The van der Waals surface area contributed by atoms with Crippen molar-refractivity contribution >= 4 is 33.6 Å². The van der Waals surface area contributed by atoms with Crippen molar-refractivity contribution in [3.8, 4) is 0 Å². The minimum atomic E-state index is -0.300. The molecule has 0 aliphatic heterocycles. The summed E-state index contributed by atoms with van der Waals surface area (Å²) in [4.78, 5) is 15.8. The predicted molar refractivity (Wildman–Crippen MR) is 97.1 cm³/mol. The second-order valence-corrected chi connectivity index (χ2v) is 5.63. The van der Waals surface area contributed by atoms with Crippen LogP contribution in [0.15, 0.2) is 76.6 Å². The highest BCUT2D eigenvalue weighted by Gasteiger charge is 2.04. The minimum Gasteiger partial charge on any atom is -0.267 e. The zero-order chi connectivity index (χ0) is 16.5. The lowest BCUT2D eigenvalue weighted by molar-refractivity contribution is 0.0954. The van der Waals surface area contributed by atoms with Gasteiger partial charge in [0, 0.05) is 16.9 Å². The van der Waals surface area contributed by atoms with Crippen LogP contribution in [0.1, 0.15) is 22.8 Å². The number of nitrogens with zero attached hydrogens (tertiary/aromatic N) is 2. The van der Waals surface area contributed by atoms with Crippen molar-refractivity contribution in [1.29, 1.82) is 0 Å². The maximum Gasteiger partial charge on any atom is 0.272 e. The first-order valence-corrected chi connectivity index (χ1v) is 7.79. The van der Waals surface area contributed by atoms with E-state index in [1.165, 1.54) is 6.20 Å². The number of hydrazone groups is 1. The van der Waals surface area contributed by atoms with Gasteiger partial charge in [-0.2, -0.15) is 5.10 Å². The van der Waals surface area contributed by atoms with E-state index < -0.39 is 0 Å². The van der Waals surface area contributed by atoms with Crippen LogP contribution in [0.4, 0.5) is 0 Å². The average Bonchev–Trinajstić information content (AvgIpc) is 2.57. The first-order valence-electron chi connectivity index (χ1n) is 7.00. The fraction of sp³-hybridized carbons (Fsp3) is 0.0556. The Bertz CT molecular complexity index is 752. The summed E-state index contributed by atoms with van der Waals surface area (Å²) >= 11 is 3.27. The van der Waals surface area contributed by atoms with Gasteiger partial charge in [-0.05, 0) is 40.6 Å². The maximum absolute atomic E-state index is 11.9. The van der Waals surface area contributed by atoms with E-state index in [4.69, 9.17) is 0 Å². The molecule has 0 saturated heterocycles. The second kappa shape index (κ2) is 8.80. The van der Waals surface area contributed by atoms with E-state index in [1.807, 2.05) is 61.6 Å². The van der Waals surface area contributed by atoms with E-state index in [9.17, 15) is 4.79 Å². The maximum atomic E-state index is 11.9. The third-order valence-electron chi connectivity index (χ3n) is 2.84. The number of rotatable bonds is 5. The van der Waals surface area contributed by atoms with Crippen LogP contribution in [0.2, 0.25) is 0 Å². The zero-order valence-electron chi connectivity index (χ0n) is 12.6. The zero-order valence-corrected chi connectivity index (χ0v) is 14.2. The number of carbonyl (C=O) groups excluding carboxylic acids is 1. The van der Waals surface area contributed by atoms with Crippen molar-refractivity contribution in [3.63, 3.8) is 0 Å². The van der Waals surface area contributed by atoms with Gasteiger partial charge >= 0.3 is 0 Å². The lowest BCUT2D eigenvalue weighted by Crippen LogP contribution is -2.18. The Morgan fingerprint density at radius 1 is 1.22 bits per heavy atom. The highest BCUT2D eigenvalue weighted by Crippen LogP contribution is 2.09. The van der Waals surface area contributed by atoms with Crippen LogP contribution >= 0.6 is 15.9 Å². The number of hydrogen-bond donors (Lipinski definition) is 1. The Labute approximate surface area is 143 Å². The summed E-state index contributed by atoms with van der Waals surface area (Å²) in [5, 5.41) is 4.03. The number of carbonyl (C=O) groups is 1. The van der Waals surface area contributed by atoms with Crippen LogP contribution in [0.3, 0.4) is 0 Å². The second-order valence-electron chi connectivity index (χ2n) is 4.71. The number of nitrogens with one attached hydrogen (secondary N) is 1. The Balaban J connectivity index is 1.89. The standard InChI is InChI=1S/C18H16BrN3O/c1-14(7-5-6-10-15-8-3-2-4-9-15)21-22-18(23)16-11-17(19)13-20-12-16/h2-13H,1H3,(H,22,23). The molecule has 5 heteroatoms. The predicted octanol–water partition coefficient (Wildman–Crippen LogP) is 4.22. The molecule has 0 aliphatic carbocycles. The third-order valence-corrected chi connectivity index (χ3v) is 3.27. The number of aromatic nitrogens is 1. The Hall–Kier alpha value is -2.53. The van der Waals surface area contributed by atoms with Gasteiger partial charge in [0.15, 0.2) is 0 Å². The number of benzene rings is 1. The molecule has 1 amide bonds.